The summed E-state index contributed by atoms with van der Waals surface area (Å²) >= 11 is 21.1. The Morgan fingerprint density at radius 3 is 2.42 bits per heavy atom. The molecule has 0 atom stereocenters. The van der Waals surface area contributed by atoms with Gasteiger partial charge in [0.15, 0.2) is 12.4 Å². The van der Waals surface area contributed by atoms with Crippen LogP contribution in [0.4, 0.5) is 0 Å². The van der Waals surface area contributed by atoms with Gasteiger partial charge >= 0.3 is 0 Å². The molecule has 2 N–H and O–H groups in total. The van der Waals surface area contributed by atoms with Crippen LogP contribution in [-0.4, -0.2) is 12.5 Å². The Morgan fingerprint density at radius 2 is 1.79 bits per heavy atom. The third-order valence-electron chi connectivity index (χ3n) is 2.84. The summed E-state index contributed by atoms with van der Waals surface area (Å²) in [7, 11) is 0. The normalized spacial score (nSPS) is 10.2. The number of carbonyl (C=O) groups excluding carboxylic acids is 1. The monoisotopic (exact) mass is 448 g/mol. The average molecular weight is 451 g/mol. The Hall–Kier alpha value is -1.40. The molecule has 0 aliphatic rings. The maximum absolute atomic E-state index is 11.8. The second kappa shape index (κ2) is 8.62. The fraction of sp³-hybridized carbons (Fsp3) is 0.0625. The molecule has 2 rings (SSSR count). The Bertz CT molecular complexity index is 761. The van der Waals surface area contributed by atoms with Gasteiger partial charge in [0.2, 0.25) is 0 Å². The highest BCUT2D eigenvalue weighted by Gasteiger charge is 2.11. The van der Waals surface area contributed by atoms with Crippen molar-refractivity contribution >= 4 is 62.3 Å². The van der Waals surface area contributed by atoms with Gasteiger partial charge in [-0.1, -0.05) is 69.4 Å². The maximum atomic E-state index is 11.8. The molecule has 24 heavy (non-hydrogen) atoms. The molecular formula is C16H12BrCl3N2O2. The van der Waals surface area contributed by atoms with E-state index in [-0.39, 0.29) is 22.4 Å². The lowest BCUT2D eigenvalue weighted by Gasteiger charge is -2.13. The van der Waals surface area contributed by atoms with Crippen molar-refractivity contribution in [2.45, 2.75) is 0 Å². The summed E-state index contributed by atoms with van der Waals surface area (Å²) in [5.74, 6) is -0.225. The number of hydrogen-bond acceptors (Lipinski definition) is 3. The molecule has 0 aromatic heterocycles. The fourth-order valence-electron chi connectivity index (χ4n) is 1.73. The van der Waals surface area contributed by atoms with Crippen molar-refractivity contribution in [3.63, 3.8) is 0 Å². The molecule has 2 aromatic carbocycles. The lowest BCUT2D eigenvalue weighted by molar-refractivity contribution is -0.123. The van der Waals surface area contributed by atoms with Crippen molar-refractivity contribution in [1.82, 2.24) is 10.9 Å². The summed E-state index contributed by atoms with van der Waals surface area (Å²) in [6.45, 7) is 3.57. The topological polar surface area (TPSA) is 50.4 Å². The second-order valence-electron chi connectivity index (χ2n) is 4.65. The molecule has 4 nitrogen and oxygen atoms in total. The fourth-order valence-corrected chi connectivity index (χ4v) is 3.06. The molecular weight excluding hydrogens is 438 g/mol. The number of hydrogen-bond donors (Lipinski definition) is 2. The van der Waals surface area contributed by atoms with Gasteiger partial charge in [0.25, 0.3) is 5.91 Å². The van der Waals surface area contributed by atoms with Gasteiger partial charge in [-0.25, -0.2) is 0 Å². The first-order valence-electron chi connectivity index (χ1n) is 6.64. The number of rotatable bonds is 6. The van der Waals surface area contributed by atoms with Crippen LogP contribution >= 0.6 is 50.7 Å². The second-order valence-corrected chi connectivity index (χ2v) is 6.82. The third kappa shape index (κ3) is 5.31. The quantitative estimate of drug-likeness (QED) is 0.604. The van der Waals surface area contributed by atoms with Crippen molar-refractivity contribution in [2.24, 2.45) is 0 Å². The van der Waals surface area contributed by atoms with Crippen molar-refractivity contribution in [1.29, 1.82) is 0 Å². The van der Waals surface area contributed by atoms with Crippen molar-refractivity contribution in [3.8, 4) is 5.75 Å². The molecule has 0 heterocycles. The first kappa shape index (κ1) is 18.9. The molecule has 8 heteroatoms. The predicted molar refractivity (Wildman–Crippen MR) is 101 cm³/mol. The van der Waals surface area contributed by atoms with E-state index in [1.165, 1.54) is 12.1 Å². The van der Waals surface area contributed by atoms with E-state index in [0.717, 1.165) is 10.0 Å². The highest BCUT2D eigenvalue weighted by atomic mass is 79.9. The van der Waals surface area contributed by atoms with Crippen molar-refractivity contribution < 1.29 is 9.53 Å². The Kier molecular flexibility index (Phi) is 6.80. The van der Waals surface area contributed by atoms with E-state index >= 15 is 0 Å². The zero-order chi connectivity index (χ0) is 17.7. The third-order valence-corrected chi connectivity index (χ3v) is 4.11. The van der Waals surface area contributed by atoms with Crippen LogP contribution in [0.2, 0.25) is 15.1 Å². The molecule has 0 bridgehead atoms. The molecule has 0 saturated heterocycles. The van der Waals surface area contributed by atoms with Crippen molar-refractivity contribution in [2.75, 3.05) is 6.61 Å². The van der Waals surface area contributed by atoms with Gasteiger partial charge in [0.1, 0.15) is 0 Å². The minimum atomic E-state index is -0.423. The lowest BCUT2D eigenvalue weighted by Crippen LogP contribution is -2.39. The number of benzene rings is 2. The number of halogens is 4. The zero-order valence-electron chi connectivity index (χ0n) is 12.2. The van der Waals surface area contributed by atoms with Crippen LogP contribution in [0, 0.1) is 0 Å². The number of nitrogens with one attached hydrogen (secondary N) is 2. The molecule has 0 saturated carbocycles. The van der Waals surface area contributed by atoms with Gasteiger partial charge in [0.05, 0.1) is 15.7 Å². The van der Waals surface area contributed by atoms with E-state index in [1.54, 1.807) is 0 Å². The minimum Gasteiger partial charge on any atom is -0.481 e. The molecule has 2 aromatic rings. The summed E-state index contributed by atoms with van der Waals surface area (Å²) in [5, 5.41) is 0.840. The van der Waals surface area contributed by atoms with Crippen LogP contribution in [0.25, 0.3) is 5.70 Å². The summed E-state index contributed by atoms with van der Waals surface area (Å²) in [5.41, 5.74) is 6.56. The van der Waals surface area contributed by atoms with Crippen LogP contribution in [0.3, 0.4) is 0 Å². The van der Waals surface area contributed by atoms with E-state index in [4.69, 9.17) is 39.5 Å². The van der Waals surface area contributed by atoms with Gasteiger partial charge < -0.3 is 4.74 Å². The summed E-state index contributed by atoms with van der Waals surface area (Å²) in [6.07, 6.45) is 0. The highest BCUT2D eigenvalue weighted by molar-refractivity contribution is 9.10. The van der Waals surface area contributed by atoms with Gasteiger partial charge in [-0.3, -0.25) is 15.6 Å². The van der Waals surface area contributed by atoms with E-state index in [0.29, 0.717) is 10.7 Å². The van der Waals surface area contributed by atoms with Crippen LogP contribution in [0.15, 0.2) is 47.4 Å². The van der Waals surface area contributed by atoms with E-state index < -0.39 is 5.91 Å². The summed E-state index contributed by atoms with van der Waals surface area (Å²) in [6, 6.07) is 10.4. The Labute approximate surface area is 162 Å². The summed E-state index contributed by atoms with van der Waals surface area (Å²) < 4.78 is 6.24. The molecule has 0 fully saturated rings. The Morgan fingerprint density at radius 1 is 1.12 bits per heavy atom. The van der Waals surface area contributed by atoms with Gasteiger partial charge in [-0.2, -0.15) is 0 Å². The van der Waals surface area contributed by atoms with E-state index in [9.17, 15) is 4.79 Å². The number of hydrazine groups is 1. The van der Waals surface area contributed by atoms with E-state index in [1.807, 2.05) is 24.3 Å². The molecule has 0 radical (unpaired) electrons. The minimum absolute atomic E-state index is 0.198. The number of ether oxygens (including phenoxy) is 1. The molecule has 0 unspecified atom stereocenters. The van der Waals surface area contributed by atoms with E-state index in [2.05, 4.69) is 33.4 Å². The molecule has 0 aliphatic carbocycles. The maximum Gasteiger partial charge on any atom is 0.276 e. The van der Waals surface area contributed by atoms with Gasteiger partial charge in [-0.05, 0) is 29.8 Å². The molecule has 1 amide bonds. The summed E-state index contributed by atoms with van der Waals surface area (Å²) in [4.78, 5) is 11.8. The molecule has 0 spiro atoms. The van der Waals surface area contributed by atoms with Crippen LogP contribution < -0.4 is 15.6 Å². The predicted octanol–water partition coefficient (Wildman–Crippen LogP) is 5.08. The van der Waals surface area contributed by atoms with Crippen LogP contribution in [-0.2, 0) is 4.79 Å². The standard InChI is InChI=1S/C16H12BrCl3N2O2/c1-9(10-3-2-4-11(17)5-10)21-22-15(23)8-24-16-13(19)6-12(18)7-14(16)20/h2-7,21H,1,8H2,(H,22,23). The first-order chi connectivity index (χ1) is 11.4. The number of carbonyl (C=O) groups is 1. The van der Waals surface area contributed by atoms with Crippen LogP contribution in [0.1, 0.15) is 5.56 Å². The Balaban J connectivity index is 1.87. The van der Waals surface area contributed by atoms with Gasteiger partial charge in [0, 0.05) is 9.50 Å². The molecule has 0 aliphatic heterocycles. The number of amides is 1. The largest absolute Gasteiger partial charge is 0.481 e. The smallest absolute Gasteiger partial charge is 0.276 e. The zero-order valence-corrected chi connectivity index (χ0v) is 16.1. The average Bonchev–Trinajstić information content (AvgIpc) is 2.51. The molecule has 126 valence electrons. The lowest BCUT2D eigenvalue weighted by atomic mass is 10.2. The van der Waals surface area contributed by atoms with Crippen molar-refractivity contribution in [3.05, 3.63) is 68.1 Å². The first-order valence-corrected chi connectivity index (χ1v) is 8.56. The SMILES string of the molecule is C=C(NNC(=O)COc1c(Cl)cc(Cl)cc1Cl)c1cccc(Br)c1. The van der Waals surface area contributed by atoms with Crippen LogP contribution in [0.5, 0.6) is 5.75 Å². The van der Waals surface area contributed by atoms with Gasteiger partial charge in [-0.15, -0.1) is 0 Å². The highest BCUT2D eigenvalue weighted by Crippen LogP contribution is 2.35.